The number of hydrogen-bond donors (Lipinski definition) is 1. The van der Waals surface area contributed by atoms with Gasteiger partial charge in [-0.3, -0.25) is 4.98 Å². The molecule has 1 aromatic rings. The maximum atomic E-state index is 5.43. The highest BCUT2D eigenvalue weighted by Crippen LogP contribution is 2.16. The van der Waals surface area contributed by atoms with Crippen LogP contribution in [0, 0.1) is 0 Å². The molecule has 0 radical (unpaired) electrons. The second kappa shape index (κ2) is 4.42. The van der Waals surface area contributed by atoms with Gasteiger partial charge in [0.25, 0.3) is 0 Å². The standard InChI is InChI=1S/C8H12BrN3/c1-12(3-2-10)8-4-7(9)5-11-6-8/h4-6H,2-3,10H2,1H3. The third kappa shape index (κ3) is 2.46. The molecular formula is C8H12BrN3. The first-order chi connectivity index (χ1) is 5.74. The molecule has 0 aliphatic heterocycles. The van der Waals surface area contributed by atoms with E-state index in [0.29, 0.717) is 6.54 Å². The average molecular weight is 230 g/mol. The fourth-order valence-electron chi connectivity index (χ4n) is 0.932. The Labute approximate surface area is 80.7 Å². The minimum atomic E-state index is 0.656. The SMILES string of the molecule is CN(CCN)c1cncc(Br)c1. The quantitative estimate of drug-likeness (QED) is 0.849. The predicted octanol–water partition coefficient (Wildman–Crippen LogP) is 1.24. The maximum Gasteiger partial charge on any atom is 0.0561 e. The summed E-state index contributed by atoms with van der Waals surface area (Å²) in [5.41, 5.74) is 6.51. The third-order valence-corrected chi connectivity index (χ3v) is 2.03. The van der Waals surface area contributed by atoms with Crippen LogP contribution >= 0.6 is 15.9 Å². The summed E-state index contributed by atoms with van der Waals surface area (Å²) in [4.78, 5) is 6.13. The zero-order valence-corrected chi connectivity index (χ0v) is 8.58. The number of aromatic nitrogens is 1. The molecule has 1 rings (SSSR count). The smallest absolute Gasteiger partial charge is 0.0561 e. The Kier molecular flexibility index (Phi) is 3.49. The van der Waals surface area contributed by atoms with Gasteiger partial charge in [-0.1, -0.05) is 0 Å². The molecule has 4 heteroatoms. The monoisotopic (exact) mass is 229 g/mol. The molecule has 12 heavy (non-hydrogen) atoms. The second-order valence-electron chi connectivity index (χ2n) is 2.57. The van der Waals surface area contributed by atoms with Crippen molar-refractivity contribution in [2.24, 2.45) is 5.73 Å². The Balaban J connectivity index is 2.73. The van der Waals surface area contributed by atoms with Crippen molar-refractivity contribution >= 4 is 21.6 Å². The first-order valence-electron chi connectivity index (χ1n) is 3.76. The number of anilines is 1. The van der Waals surface area contributed by atoms with Crippen molar-refractivity contribution in [2.45, 2.75) is 0 Å². The van der Waals surface area contributed by atoms with Crippen molar-refractivity contribution in [1.29, 1.82) is 0 Å². The molecule has 0 bridgehead atoms. The summed E-state index contributed by atoms with van der Waals surface area (Å²) >= 11 is 3.36. The molecule has 1 aromatic heterocycles. The highest BCUT2D eigenvalue weighted by molar-refractivity contribution is 9.10. The second-order valence-corrected chi connectivity index (χ2v) is 3.49. The van der Waals surface area contributed by atoms with Crippen molar-refractivity contribution in [2.75, 3.05) is 25.0 Å². The van der Waals surface area contributed by atoms with E-state index in [1.807, 2.05) is 19.3 Å². The highest BCUT2D eigenvalue weighted by Gasteiger charge is 1.99. The number of halogens is 1. The lowest BCUT2D eigenvalue weighted by Gasteiger charge is -2.17. The van der Waals surface area contributed by atoms with Gasteiger partial charge in [-0.2, -0.15) is 0 Å². The van der Waals surface area contributed by atoms with E-state index in [9.17, 15) is 0 Å². The summed E-state index contributed by atoms with van der Waals surface area (Å²) in [6.07, 6.45) is 3.58. The zero-order valence-electron chi connectivity index (χ0n) is 7.00. The fraction of sp³-hybridized carbons (Fsp3) is 0.375. The van der Waals surface area contributed by atoms with E-state index in [4.69, 9.17) is 5.73 Å². The van der Waals surface area contributed by atoms with Crippen molar-refractivity contribution in [3.63, 3.8) is 0 Å². The van der Waals surface area contributed by atoms with Gasteiger partial charge >= 0.3 is 0 Å². The van der Waals surface area contributed by atoms with Crippen LogP contribution < -0.4 is 10.6 Å². The molecule has 0 fully saturated rings. The molecule has 0 spiro atoms. The summed E-state index contributed by atoms with van der Waals surface area (Å²) in [7, 11) is 2.00. The Morgan fingerprint density at radius 1 is 1.58 bits per heavy atom. The molecule has 0 saturated carbocycles. The average Bonchev–Trinajstić information content (AvgIpc) is 2.05. The van der Waals surface area contributed by atoms with Crippen molar-refractivity contribution in [3.05, 3.63) is 22.9 Å². The number of hydrogen-bond acceptors (Lipinski definition) is 3. The summed E-state index contributed by atoms with van der Waals surface area (Å²) in [5.74, 6) is 0. The predicted molar refractivity (Wildman–Crippen MR) is 54.3 cm³/mol. The van der Waals surface area contributed by atoms with Crippen LogP contribution in [0.2, 0.25) is 0 Å². The lowest BCUT2D eigenvalue weighted by Crippen LogP contribution is -2.24. The van der Waals surface area contributed by atoms with Crippen LogP contribution in [0.25, 0.3) is 0 Å². The Morgan fingerprint density at radius 3 is 2.92 bits per heavy atom. The van der Waals surface area contributed by atoms with E-state index in [2.05, 4.69) is 25.8 Å². The first-order valence-corrected chi connectivity index (χ1v) is 4.55. The molecule has 0 saturated heterocycles. The molecule has 0 aliphatic carbocycles. The normalized spacial score (nSPS) is 9.92. The number of likely N-dealkylation sites (N-methyl/N-ethyl adjacent to an activating group) is 1. The minimum Gasteiger partial charge on any atom is -0.372 e. The zero-order chi connectivity index (χ0) is 8.97. The molecule has 1 heterocycles. The van der Waals surface area contributed by atoms with Gasteiger partial charge in [0.2, 0.25) is 0 Å². The van der Waals surface area contributed by atoms with Gasteiger partial charge in [0.15, 0.2) is 0 Å². The summed E-state index contributed by atoms with van der Waals surface area (Å²) < 4.78 is 0.990. The largest absolute Gasteiger partial charge is 0.372 e. The van der Waals surface area contributed by atoms with E-state index in [1.165, 1.54) is 0 Å². The molecular weight excluding hydrogens is 218 g/mol. The van der Waals surface area contributed by atoms with Crippen LogP contribution in [0.15, 0.2) is 22.9 Å². The lowest BCUT2D eigenvalue weighted by molar-refractivity contribution is 0.882. The highest BCUT2D eigenvalue weighted by atomic mass is 79.9. The first kappa shape index (κ1) is 9.48. The summed E-state index contributed by atoms with van der Waals surface area (Å²) in [6.45, 7) is 1.50. The molecule has 3 nitrogen and oxygen atoms in total. The van der Waals surface area contributed by atoms with Gasteiger partial charge < -0.3 is 10.6 Å². The van der Waals surface area contributed by atoms with Crippen molar-refractivity contribution < 1.29 is 0 Å². The number of pyridine rings is 1. The molecule has 0 unspecified atom stereocenters. The van der Waals surface area contributed by atoms with Gasteiger partial charge in [0, 0.05) is 30.8 Å². The molecule has 66 valence electrons. The Bertz CT molecular complexity index is 252. The van der Waals surface area contributed by atoms with Crippen LogP contribution in [0.1, 0.15) is 0 Å². The summed E-state index contributed by atoms with van der Waals surface area (Å²) in [6, 6.07) is 2.02. The van der Waals surface area contributed by atoms with Crippen LogP contribution in [-0.2, 0) is 0 Å². The van der Waals surface area contributed by atoms with Gasteiger partial charge in [0.05, 0.1) is 11.9 Å². The fourth-order valence-corrected chi connectivity index (χ4v) is 1.28. The summed E-state index contributed by atoms with van der Waals surface area (Å²) in [5, 5.41) is 0. The van der Waals surface area contributed by atoms with E-state index in [1.54, 1.807) is 6.20 Å². The van der Waals surface area contributed by atoms with Gasteiger partial charge in [-0.15, -0.1) is 0 Å². The van der Waals surface area contributed by atoms with Crippen LogP contribution in [0.5, 0.6) is 0 Å². The van der Waals surface area contributed by atoms with Gasteiger partial charge in [0.1, 0.15) is 0 Å². The molecule has 2 N–H and O–H groups in total. The number of rotatable bonds is 3. The third-order valence-electron chi connectivity index (χ3n) is 1.60. The lowest BCUT2D eigenvalue weighted by atomic mass is 10.4. The van der Waals surface area contributed by atoms with Crippen LogP contribution in [-0.4, -0.2) is 25.1 Å². The van der Waals surface area contributed by atoms with E-state index in [-0.39, 0.29) is 0 Å². The number of nitrogens with zero attached hydrogens (tertiary/aromatic N) is 2. The topological polar surface area (TPSA) is 42.1 Å². The molecule has 0 aliphatic rings. The van der Waals surface area contributed by atoms with E-state index in [0.717, 1.165) is 16.7 Å². The minimum absolute atomic E-state index is 0.656. The van der Waals surface area contributed by atoms with Gasteiger partial charge in [-0.05, 0) is 22.0 Å². The maximum absolute atomic E-state index is 5.43. The number of nitrogens with two attached hydrogens (primary N) is 1. The van der Waals surface area contributed by atoms with Crippen molar-refractivity contribution in [1.82, 2.24) is 4.98 Å². The van der Waals surface area contributed by atoms with Crippen LogP contribution in [0.3, 0.4) is 0 Å². The van der Waals surface area contributed by atoms with Gasteiger partial charge in [-0.25, -0.2) is 0 Å². The van der Waals surface area contributed by atoms with Crippen LogP contribution in [0.4, 0.5) is 5.69 Å². The van der Waals surface area contributed by atoms with E-state index >= 15 is 0 Å². The van der Waals surface area contributed by atoms with E-state index < -0.39 is 0 Å². The van der Waals surface area contributed by atoms with Crippen molar-refractivity contribution in [3.8, 4) is 0 Å². The Hall–Kier alpha value is -0.610. The molecule has 0 aromatic carbocycles. The molecule has 0 atom stereocenters. The Morgan fingerprint density at radius 2 is 2.33 bits per heavy atom. The molecule has 0 amide bonds.